The van der Waals surface area contributed by atoms with Gasteiger partial charge in [-0.3, -0.25) is 0 Å². The Morgan fingerprint density at radius 1 is 1.14 bits per heavy atom. The van der Waals surface area contributed by atoms with E-state index in [0.717, 1.165) is 29.0 Å². The lowest BCUT2D eigenvalue weighted by molar-refractivity contribution is 0.302. The average molecular weight is 308 g/mol. The standard InChI is InChI=1S/C17H19ClFNO/c1-11-6-13(9-20-3)7-12(2)17(11)21-10-14-4-5-15(19)8-16(14)18/h4-8,20H,9-10H2,1-3H3. The van der Waals surface area contributed by atoms with E-state index in [1.54, 1.807) is 6.07 Å². The number of hydrogen-bond acceptors (Lipinski definition) is 2. The molecule has 0 spiro atoms. The molecule has 0 aliphatic carbocycles. The molecule has 0 atom stereocenters. The van der Waals surface area contributed by atoms with Crippen LogP contribution in [0, 0.1) is 19.7 Å². The largest absolute Gasteiger partial charge is 0.488 e. The van der Waals surface area contributed by atoms with Gasteiger partial charge in [-0.15, -0.1) is 0 Å². The fourth-order valence-electron chi connectivity index (χ4n) is 2.36. The molecule has 4 heteroatoms. The summed E-state index contributed by atoms with van der Waals surface area (Å²) in [5.74, 6) is 0.516. The van der Waals surface area contributed by atoms with Crippen LogP contribution < -0.4 is 10.1 Å². The van der Waals surface area contributed by atoms with Crippen molar-refractivity contribution in [2.45, 2.75) is 27.0 Å². The summed E-state index contributed by atoms with van der Waals surface area (Å²) in [6.45, 7) is 5.19. The van der Waals surface area contributed by atoms with E-state index in [4.69, 9.17) is 16.3 Å². The number of hydrogen-bond donors (Lipinski definition) is 1. The molecule has 0 amide bonds. The molecule has 21 heavy (non-hydrogen) atoms. The first-order valence-electron chi connectivity index (χ1n) is 6.82. The summed E-state index contributed by atoms with van der Waals surface area (Å²) in [6.07, 6.45) is 0. The van der Waals surface area contributed by atoms with Crippen LogP contribution >= 0.6 is 11.6 Å². The van der Waals surface area contributed by atoms with Gasteiger partial charge < -0.3 is 10.1 Å². The summed E-state index contributed by atoms with van der Waals surface area (Å²) >= 11 is 6.01. The molecule has 0 heterocycles. The minimum Gasteiger partial charge on any atom is -0.488 e. The van der Waals surface area contributed by atoms with E-state index in [1.165, 1.54) is 17.7 Å². The summed E-state index contributed by atoms with van der Waals surface area (Å²) in [4.78, 5) is 0. The normalized spacial score (nSPS) is 10.7. The lowest BCUT2D eigenvalue weighted by Crippen LogP contribution is -2.07. The topological polar surface area (TPSA) is 21.3 Å². The van der Waals surface area contributed by atoms with E-state index in [0.29, 0.717) is 11.6 Å². The van der Waals surface area contributed by atoms with Crippen LogP contribution in [0.2, 0.25) is 5.02 Å². The van der Waals surface area contributed by atoms with E-state index in [-0.39, 0.29) is 5.82 Å². The van der Waals surface area contributed by atoms with Crippen molar-refractivity contribution in [3.63, 3.8) is 0 Å². The van der Waals surface area contributed by atoms with Crippen molar-refractivity contribution in [3.8, 4) is 5.75 Å². The van der Waals surface area contributed by atoms with Gasteiger partial charge in [-0.1, -0.05) is 29.8 Å². The Morgan fingerprint density at radius 3 is 2.38 bits per heavy atom. The van der Waals surface area contributed by atoms with Gasteiger partial charge in [0.05, 0.1) is 5.02 Å². The maximum Gasteiger partial charge on any atom is 0.125 e. The first kappa shape index (κ1) is 15.8. The molecule has 0 aliphatic heterocycles. The lowest BCUT2D eigenvalue weighted by Gasteiger charge is -2.15. The van der Waals surface area contributed by atoms with Crippen LogP contribution in [0.5, 0.6) is 5.75 Å². The van der Waals surface area contributed by atoms with Gasteiger partial charge in [0.2, 0.25) is 0 Å². The average Bonchev–Trinajstić information content (AvgIpc) is 2.40. The Bertz CT molecular complexity index is 620. The van der Waals surface area contributed by atoms with E-state index >= 15 is 0 Å². The molecule has 2 nitrogen and oxygen atoms in total. The highest BCUT2D eigenvalue weighted by atomic mass is 35.5. The Hall–Kier alpha value is -1.58. The first-order valence-corrected chi connectivity index (χ1v) is 7.20. The maximum absolute atomic E-state index is 13.0. The van der Waals surface area contributed by atoms with E-state index < -0.39 is 0 Å². The summed E-state index contributed by atoms with van der Waals surface area (Å²) in [5.41, 5.74) is 4.16. The molecule has 112 valence electrons. The molecule has 2 aromatic rings. The first-order chi connectivity index (χ1) is 10.0. The van der Waals surface area contributed by atoms with Crippen molar-refractivity contribution in [1.29, 1.82) is 0 Å². The third kappa shape index (κ3) is 3.96. The third-order valence-electron chi connectivity index (χ3n) is 3.29. The molecule has 1 N–H and O–H groups in total. The molecule has 0 unspecified atom stereocenters. The second-order valence-electron chi connectivity index (χ2n) is 5.11. The number of halogens is 2. The molecule has 2 aromatic carbocycles. The van der Waals surface area contributed by atoms with Crippen molar-refractivity contribution in [1.82, 2.24) is 5.32 Å². The van der Waals surface area contributed by atoms with Crippen LogP contribution in [-0.4, -0.2) is 7.05 Å². The highest BCUT2D eigenvalue weighted by Gasteiger charge is 2.08. The van der Waals surface area contributed by atoms with Crippen LogP contribution in [0.3, 0.4) is 0 Å². The maximum atomic E-state index is 13.0. The number of rotatable bonds is 5. The summed E-state index contributed by atoms with van der Waals surface area (Å²) < 4.78 is 18.9. The number of aryl methyl sites for hydroxylation is 2. The predicted molar refractivity (Wildman–Crippen MR) is 84.4 cm³/mol. The van der Waals surface area contributed by atoms with Gasteiger partial charge >= 0.3 is 0 Å². The molecule has 0 bridgehead atoms. The molecular weight excluding hydrogens is 289 g/mol. The predicted octanol–water partition coefficient (Wildman–Crippen LogP) is 4.39. The lowest BCUT2D eigenvalue weighted by atomic mass is 10.1. The number of nitrogens with one attached hydrogen (secondary N) is 1. The molecular formula is C17H19ClFNO. The van der Waals surface area contributed by atoms with E-state index in [1.807, 2.05) is 20.9 Å². The van der Waals surface area contributed by atoms with Gasteiger partial charge in [-0.2, -0.15) is 0 Å². The fraction of sp³-hybridized carbons (Fsp3) is 0.294. The highest BCUT2D eigenvalue weighted by molar-refractivity contribution is 6.31. The molecule has 0 aromatic heterocycles. The van der Waals surface area contributed by atoms with Gasteiger partial charge in [-0.05, 0) is 49.7 Å². The van der Waals surface area contributed by atoms with Gasteiger partial charge in [-0.25, -0.2) is 4.39 Å². The van der Waals surface area contributed by atoms with E-state index in [9.17, 15) is 4.39 Å². The summed E-state index contributed by atoms with van der Waals surface area (Å²) in [5, 5.41) is 3.52. The van der Waals surface area contributed by atoms with Crippen LogP contribution in [0.15, 0.2) is 30.3 Å². The van der Waals surface area contributed by atoms with Crippen LogP contribution in [0.1, 0.15) is 22.3 Å². The number of benzene rings is 2. The molecule has 0 saturated heterocycles. The van der Waals surface area contributed by atoms with Crippen LogP contribution in [0.25, 0.3) is 0 Å². The quantitative estimate of drug-likeness (QED) is 0.884. The highest BCUT2D eigenvalue weighted by Crippen LogP contribution is 2.27. The Kier molecular flexibility index (Phi) is 5.21. The smallest absolute Gasteiger partial charge is 0.125 e. The van der Waals surface area contributed by atoms with Crippen LogP contribution in [0.4, 0.5) is 4.39 Å². The molecule has 0 fully saturated rings. The number of ether oxygens (including phenoxy) is 1. The van der Waals surface area contributed by atoms with Crippen LogP contribution in [-0.2, 0) is 13.2 Å². The van der Waals surface area contributed by atoms with Gasteiger partial charge in [0.15, 0.2) is 0 Å². The zero-order chi connectivity index (χ0) is 15.4. The molecule has 0 aliphatic rings. The van der Waals surface area contributed by atoms with Crippen molar-refractivity contribution in [3.05, 3.63) is 63.4 Å². The zero-order valence-corrected chi connectivity index (χ0v) is 13.2. The second kappa shape index (κ2) is 6.92. The van der Waals surface area contributed by atoms with Crippen molar-refractivity contribution < 1.29 is 9.13 Å². The second-order valence-corrected chi connectivity index (χ2v) is 5.52. The summed E-state index contributed by atoms with van der Waals surface area (Å²) in [7, 11) is 1.92. The Morgan fingerprint density at radius 2 is 1.81 bits per heavy atom. The summed E-state index contributed by atoms with van der Waals surface area (Å²) in [6, 6.07) is 8.55. The zero-order valence-electron chi connectivity index (χ0n) is 12.5. The van der Waals surface area contributed by atoms with Crippen molar-refractivity contribution in [2.75, 3.05) is 7.05 Å². The Balaban J connectivity index is 2.16. The monoisotopic (exact) mass is 307 g/mol. The SMILES string of the molecule is CNCc1cc(C)c(OCc2ccc(F)cc2Cl)c(C)c1. The Labute approximate surface area is 129 Å². The fourth-order valence-corrected chi connectivity index (χ4v) is 2.58. The van der Waals surface area contributed by atoms with Gasteiger partial charge in [0.1, 0.15) is 18.2 Å². The minimum absolute atomic E-state index is 0.326. The third-order valence-corrected chi connectivity index (χ3v) is 3.64. The van der Waals surface area contributed by atoms with Crippen molar-refractivity contribution >= 4 is 11.6 Å². The van der Waals surface area contributed by atoms with Gasteiger partial charge in [0, 0.05) is 12.1 Å². The molecule has 0 radical (unpaired) electrons. The molecule has 2 rings (SSSR count). The van der Waals surface area contributed by atoms with Gasteiger partial charge in [0.25, 0.3) is 0 Å². The van der Waals surface area contributed by atoms with E-state index in [2.05, 4.69) is 17.4 Å². The molecule has 0 saturated carbocycles. The minimum atomic E-state index is -0.340. The van der Waals surface area contributed by atoms with Crippen molar-refractivity contribution in [2.24, 2.45) is 0 Å².